The number of alkyl halides is 1. The van der Waals surface area contributed by atoms with Crippen molar-refractivity contribution in [3.05, 3.63) is 23.5 Å². The van der Waals surface area contributed by atoms with Crippen molar-refractivity contribution in [2.45, 2.75) is 32.1 Å². The van der Waals surface area contributed by atoms with Crippen LogP contribution in [0.15, 0.2) is 12.1 Å². The van der Waals surface area contributed by atoms with Crippen LogP contribution in [0.4, 0.5) is 4.39 Å². The molecule has 1 aliphatic heterocycles. The van der Waals surface area contributed by atoms with Gasteiger partial charge in [-0.05, 0) is 6.92 Å². The molecule has 0 saturated carbocycles. The van der Waals surface area contributed by atoms with E-state index in [1.54, 1.807) is 18.1 Å². The van der Waals surface area contributed by atoms with Gasteiger partial charge in [0.25, 0.3) is 0 Å². The van der Waals surface area contributed by atoms with Gasteiger partial charge in [-0.2, -0.15) is 0 Å². The van der Waals surface area contributed by atoms with E-state index >= 15 is 0 Å². The Morgan fingerprint density at radius 2 is 2.37 bits per heavy atom. The van der Waals surface area contributed by atoms with E-state index in [4.69, 9.17) is 10.5 Å². The fourth-order valence-corrected chi connectivity index (χ4v) is 2.43. The van der Waals surface area contributed by atoms with E-state index in [9.17, 15) is 9.18 Å². The number of rotatable bonds is 4. The molecular weight excluding hydrogens is 249 g/mol. The first-order valence-corrected chi connectivity index (χ1v) is 6.18. The van der Waals surface area contributed by atoms with Crippen LogP contribution in [0.3, 0.4) is 0 Å². The van der Waals surface area contributed by atoms with Crippen molar-refractivity contribution in [1.82, 2.24) is 9.88 Å². The number of aryl methyl sites for hydroxylation is 1. The van der Waals surface area contributed by atoms with Crippen molar-refractivity contribution in [2.75, 3.05) is 13.7 Å². The summed E-state index contributed by atoms with van der Waals surface area (Å²) in [5.74, 6) is 0.217. The fourth-order valence-electron chi connectivity index (χ4n) is 2.43. The van der Waals surface area contributed by atoms with Crippen molar-refractivity contribution < 1.29 is 13.9 Å². The maximum absolute atomic E-state index is 13.4. The summed E-state index contributed by atoms with van der Waals surface area (Å²) in [4.78, 5) is 17.4. The van der Waals surface area contributed by atoms with Crippen molar-refractivity contribution in [1.29, 1.82) is 0 Å². The molecule has 2 atom stereocenters. The minimum atomic E-state index is -1.01. The number of pyridine rings is 1. The number of ether oxygens (including phenoxy) is 1. The summed E-state index contributed by atoms with van der Waals surface area (Å²) in [5.41, 5.74) is 6.87. The number of carbonyl (C=O) groups is 1. The number of methoxy groups -OCH3 is 1. The second kappa shape index (κ2) is 5.52. The van der Waals surface area contributed by atoms with Gasteiger partial charge in [0.05, 0.1) is 18.8 Å². The van der Waals surface area contributed by atoms with E-state index in [-0.39, 0.29) is 13.0 Å². The van der Waals surface area contributed by atoms with E-state index in [2.05, 4.69) is 4.98 Å². The quantitative estimate of drug-likeness (QED) is 0.876. The lowest BCUT2D eigenvalue weighted by molar-refractivity contribution is -0.122. The maximum Gasteiger partial charge on any atom is 0.234 e. The van der Waals surface area contributed by atoms with Crippen LogP contribution in [-0.4, -0.2) is 41.7 Å². The van der Waals surface area contributed by atoms with Crippen molar-refractivity contribution in [3.63, 3.8) is 0 Å². The standard InChI is InChI=1S/C13H18FN3O2/c1-8-3-11(19-2)5-10(16-8)7-17-6-9(14)4-12(17)13(15)18/h3,5,9,12H,4,6-7H2,1-2H3,(H2,15,18)/t9-,12+/m1/s1. The van der Waals surface area contributed by atoms with Crippen LogP contribution in [0.1, 0.15) is 17.8 Å². The number of hydrogen-bond donors (Lipinski definition) is 1. The van der Waals surface area contributed by atoms with Gasteiger partial charge < -0.3 is 10.5 Å². The SMILES string of the molecule is COc1cc(C)nc(CN2C[C@H](F)C[C@H]2C(N)=O)c1. The summed E-state index contributed by atoms with van der Waals surface area (Å²) in [6.45, 7) is 2.47. The topological polar surface area (TPSA) is 68.4 Å². The molecule has 0 unspecified atom stereocenters. The average molecular weight is 267 g/mol. The molecule has 104 valence electrons. The molecule has 1 fully saturated rings. The zero-order valence-electron chi connectivity index (χ0n) is 11.1. The van der Waals surface area contributed by atoms with Crippen LogP contribution in [0, 0.1) is 6.92 Å². The van der Waals surface area contributed by atoms with Gasteiger partial charge in [-0.15, -0.1) is 0 Å². The Labute approximate surface area is 111 Å². The molecule has 1 aromatic rings. The third-order valence-electron chi connectivity index (χ3n) is 3.26. The largest absolute Gasteiger partial charge is 0.497 e. The number of nitrogens with zero attached hydrogens (tertiary/aromatic N) is 2. The maximum atomic E-state index is 13.4. The summed E-state index contributed by atoms with van der Waals surface area (Å²) >= 11 is 0. The summed E-state index contributed by atoms with van der Waals surface area (Å²) in [7, 11) is 1.58. The molecule has 0 spiro atoms. The Kier molecular flexibility index (Phi) is 3.99. The number of halogens is 1. The first-order valence-electron chi connectivity index (χ1n) is 6.18. The number of amides is 1. The number of carbonyl (C=O) groups excluding carboxylic acids is 1. The molecule has 1 amide bonds. The zero-order chi connectivity index (χ0) is 14.0. The van der Waals surface area contributed by atoms with Crippen molar-refractivity contribution in [3.8, 4) is 5.75 Å². The first kappa shape index (κ1) is 13.7. The fraction of sp³-hybridized carbons (Fsp3) is 0.538. The Morgan fingerprint density at radius 1 is 1.63 bits per heavy atom. The summed E-state index contributed by atoms with van der Waals surface area (Å²) < 4.78 is 18.6. The predicted molar refractivity (Wildman–Crippen MR) is 68.4 cm³/mol. The zero-order valence-corrected chi connectivity index (χ0v) is 11.1. The number of likely N-dealkylation sites (tertiary alicyclic amines) is 1. The molecule has 2 heterocycles. The molecule has 2 N–H and O–H groups in total. The minimum Gasteiger partial charge on any atom is -0.497 e. The smallest absolute Gasteiger partial charge is 0.234 e. The molecule has 5 nitrogen and oxygen atoms in total. The van der Waals surface area contributed by atoms with E-state index < -0.39 is 18.1 Å². The predicted octanol–water partition coefficient (Wildman–Crippen LogP) is 0.796. The van der Waals surface area contributed by atoms with E-state index in [0.29, 0.717) is 12.3 Å². The van der Waals surface area contributed by atoms with Gasteiger partial charge in [0.2, 0.25) is 5.91 Å². The third kappa shape index (κ3) is 3.20. The highest BCUT2D eigenvalue weighted by Gasteiger charge is 2.35. The molecule has 6 heteroatoms. The van der Waals surface area contributed by atoms with Gasteiger partial charge in [-0.3, -0.25) is 14.7 Å². The van der Waals surface area contributed by atoms with Gasteiger partial charge in [0, 0.05) is 37.3 Å². The van der Waals surface area contributed by atoms with Gasteiger partial charge in [0.15, 0.2) is 0 Å². The molecular formula is C13H18FN3O2. The summed E-state index contributed by atoms with van der Waals surface area (Å²) in [6.07, 6.45) is -0.845. The lowest BCUT2D eigenvalue weighted by Crippen LogP contribution is -2.39. The molecule has 2 rings (SSSR count). The molecule has 1 aromatic heterocycles. The highest BCUT2D eigenvalue weighted by molar-refractivity contribution is 5.80. The van der Waals surface area contributed by atoms with Gasteiger partial charge >= 0.3 is 0 Å². The number of aromatic nitrogens is 1. The van der Waals surface area contributed by atoms with Gasteiger partial charge in [-0.1, -0.05) is 0 Å². The number of primary amides is 1. The number of hydrogen-bond acceptors (Lipinski definition) is 4. The van der Waals surface area contributed by atoms with Gasteiger partial charge in [0.1, 0.15) is 11.9 Å². The number of nitrogens with two attached hydrogens (primary N) is 1. The summed E-state index contributed by atoms with van der Waals surface area (Å²) in [6, 6.07) is 3.05. The monoisotopic (exact) mass is 267 g/mol. The van der Waals surface area contributed by atoms with Crippen LogP contribution in [-0.2, 0) is 11.3 Å². The van der Waals surface area contributed by atoms with Crippen LogP contribution in [0.25, 0.3) is 0 Å². The van der Waals surface area contributed by atoms with Gasteiger partial charge in [-0.25, -0.2) is 4.39 Å². The van der Waals surface area contributed by atoms with Crippen molar-refractivity contribution >= 4 is 5.91 Å². The van der Waals surface area contributed by atoms with E-state index in [1.807, 2.05) is 13.0 Å². The minimum absolute atomic E-state index is 0.165. The lowest BCUT2D eigenvalue weighted by atomic mass is 10.2. The van der Waals surface area contributed by atoms with E-state index in [0.717, 1.165) is 11.4 Å². The normalized spacial score (nSPS) is 23.5. The lowest BCUT2D eigenvalue weighted by Gasteiger charge is -2.21. The molecule has 0 bridgehead atoms. The van der Waals surface area contributed by atoms with Crippen molar-refractivity contribution in [2.24, 2.45) is 5.73 Å². The highest BCUT2D eigenvalue weighted by Crippen LogP contribution is 2.23. The molecule has 1 saturated heterocycles. The van der Waals surface area contributed by atoms with E-state index in [1.165, 1.54) is 0 Å². The van der Waals surface area contributed by atoms with Crippen LogP contribution >= 0.6 is 0 Å². The van der Waals surface area contributed by atoms with Crippen LogP contribution in [0.5, 0.6) is 5.75 Å². The van der Waals surface area contributed by atoms with Crippen LogP contribution in [0.2, 0.25) is 0 Å². The first-order chi connectivity index (χ1) is 8.99. The highest BCUT2D eigenvalue weighted by atomic mass is 19.1. The Bertz CT molecular complexity index is 481. The second-order valence-corrected chi connectivity index (χ2v) is 4.82. The molecule has 0 radical (unpaired) electrons. The molecule has 1 aliphatic rings. The Morgan fingerprint density at radius 3 is 3.00 bits per heavy atom. The third-order valence-corrected chi connectivity index (χ3v) is 3.26. The molecule has 19 heavy (non-hydrogen) atoms. The Hall–Kier alpha value is -1.69. The molecule has 0 aliphatic carbocycles. The molecule has 0 aromatic carbocycles. The average Bonchev–Trinajstić information content (AvgIpc) is 2.69. The van der Waals surface area contributed by atoms with Crippen LogP contribution < -0.4 is 10.5 Å². The second-order valence-electron chi connectivity index (χ2n) is 4.82. The Balaban J connectivity index is 2.16. The summed E-state index contributed by atoms with van der Waals surface area (Å²) in [5, 5.41) is 0.